The Balaban J connectivity index is 1.71. The number of nitrogens with zero attached hydrogens (tertiary/aromatic N) is 1. The number of rotatable bonds is 3. The van der Waals surface area contributed by atoms with Crippen LogP contribution in [0.4, 0.5) is 5.69 Å². The Labute approximate surface area is 167 Å². The largest absolute Gasteiger partial charge is 0.359 e. The van der Waals surface area contributed by atoms with Crippen molar-refractivity contribution in [3.05, 3.63) is 100 Å². The number of carbonyl (C=O) groups is 2. The molecular formula is C22H18ClN3O2. The molecule has 1 aliphatic heterocycles. The number of aryl methyl sites for hydroxylation is 1. The van der Waals surface area contributed by atoms with Crippen LogP contribution in [0.15, 0.2) is 72.8 Å². The van der Waals surface area contributed by atoms with E-state index in [9.17, 15) is 9.59 Å². The molecule has 0 bridgehead atoms. The summed E-state index contributed by atoms with van der Waals surface area (Å²) in [6.07, 6.45) is -0.545. The summed E-state index contributed by atoms with van der Waals surface area (Å²) in [5.41, 5.74) is 6.21. The predicted molar refractivity (Wildman–Crippen MR) is 109 cm³/mol. The molecule has 4 rings (SSSR count). The molecule has 1 unspecified atom stereocenters. The lowest BCUT2D eigenvalue weighted by Gasteiger charge is -2.37. The number of nitrogens with one attached hydrogen (secondary N) is 2. The smallest absolute Gasteiger partial charge is 0.276 e. The van der Waals surface area contributed by atoms with Gasteiger partial charge in [-0.25, -0.2) is 5.01 Å². The van der Waals surface area contributed by atoms with Gasteiger partial charge in [-0.3, -0.25) is 15.0 Å². The van der Waals surface area contributed by atoms with E-state index in [-0.39, 0.29) is 11.8 Å². The van der Waals surface area contributed by atoms with Crippen molar-refractivity contribution in [2.75, 3.05) is 5.32 Å². The summed E-state index contributed by atoms with van der Waals surface area (Å²) >= 11 is 6.07. The summed E-state index contributed by atoms with van der Waals surface area (Å²) in [5, 5.41) is 5.09. The van der Waals surface area contributed by atoms with Gasteiger partial charge in [-0.1, -0.05) is 59.6 Å². The van der Waals surface area contributed by atoms with Crippen LogP contribution >= 0.6 is 11.6 Å². The molecule has 0 aliphatic carbocycles. The summed E-state index contributed by atoms with van der Waals surface area (Å²) in [7, 11) is 0. The van der Waals surface area contributed by atoms with Crippen LogP contribution in [0.1, 0.15) is 38.0 Å². The highest BCUT2D eigenvalue weighted by atomic mass is 35.5. The van der Waals surface area contributed by atoms with Gasteiger partial charge in [0.25, 0.3) is 11.8 Å². The Bertz CT molecular complexity index is 1040. The van der Waals surface area contributed by atoms with Crippen molar-refractivity contribution in [3.8, 4) is 0 Å². The van der Waals surface area contributed by atoms with Crippen LogP contribution < -0.4 is 10.7 Å². The van der Waals surface area contributed by atoms with E-state index in [4.69, 9.17) is 11.6 Å². The summed E-state index contributed by atoms with van der Waals surface area (Å²) < 4.78 is 0. The molecule has 0 spiro atoms. The number of benzene rings is 3. The minimum absolute atomic E-state index is 0.328. The van der Waals surface area contributed by atoms with E-state index >= 15 is 0 Å². The first-order valence-corrected chi connectivity index (χ1v) is 9.23. The first-order chi connectivity index (χ1) is 13.5. The van der Waals surface area contributed by atoms with Crippen LogP contribution in [-0.4, -0.2) is 16.8 Å². The zero-order valence-electron chi connectivity index (χ0n) is 15.1. The van der Waals surface area contributed by atoms with Gasteiger partial charge >= 0.3 is 0 Å². The predicted octanol–water partition coefficient (Wildman–Crippen LogP) is 4.56. The van der Waals surface area contributed by atoms with Gasteiger partial charge in [-0.15, -0.1) is 0 Å². The zero-order valence-corrected chi connectivity index (χ0v) is 15.9. The van der Waals surface area contributed by atoms with Crippen LogP contribution in [0.25, 0.3) is 0 Å². The highest BCUT2D eigenvalue weighted by molar-refractivity contribution is 6.31. The summed E-state index contributed by atoms with van der Waals surface area (Å²) in [4.78, 5) is 26.0. The van der Waals surface area contributed by atoms with Crippen LogP contribution in [0.5, 0.6) is 0 Å². The van der Waals surface area contributed by atoms with Crippen molar-refractivity contribution in [2.45, 2.75) is 13.1 Å². The monoisotopic (exact) mass is 391 g/mol. The number of fused-ring (bicyclic) bond motifs is 1. The minimum atomic E-state index is -0.545. The van der Waals surface area contributed by atoms with Crippen LogP contribution in [0.2, 0.25) is 5.02 Å². The fraction of sp³-hybridized carbons (Fsp3) is 0.0909. The Morgan fingerprint density at radius 3 is 2.46 bits per heavy atom. The number of carbonyl (C=O) groups excluding carboxylic acids is 2. The van der Waals surface area contributed by atoms with Gasteiger partial charge in [0.15, 0.2) is 0 Å². The fourth-order valence-electron chi connectivity index (χ4n) is 3.14. The van der Waals surface area contributed by atoms with E-state index in [0.29, 0.717) is 21.8 Å². The molecule has 28 heavy (non-hydrogen) atoms. The second kappa shape index (κ2) is 7.37. The van der Waals surface area contributed by atoms with E-state index < -0.39 is 6.17 Å². The number of hydrogen-bond acceptors (Lipinski definition) is 3. The van der Waals surface area contributed by atoms with E-state index in [0.717, 1.165) is 11.1 Å². The lowest BCUT2D eigenvalue weighted by atomic mass is 10.0. The molecule has 1 aliphatic rings. The van der Waals surface area contributed by atoms with Crippen molar-refractivity contribution < 1.29 is 9.59 Å². The number of anilines is 1. The number of hydrogen-bond donors (Lipinski definition) is 2. The minimum Gasteiger partial charge on any atom is -0.359 e. The highest BCUT2D eigenvalue weighted by Gasteiger charge is 2.34. The molecule has 0 fully saturated rings. The van der Waals surface area contributed by atoms with Gasteiger partial charge < -0.3 is 5.32 Å². The maximum absolute atomic E-state index is 13.2. The average Bonchev–Trinajstić information content (AvgIpc) is 2.71. The molecule has 0 aromatic heterocycles. The van der Waals surface area contributed by atoms with Crippen LogP contribution in [0, 0.1) is 6.92 Å². The molecule has 5 nitrogen and oxygen atoms in total. The maximum atomic E-state index is 13.2. The number of hydrazine groups is 1. The maximum Gasteiger partial charge on any atom is 0.276 e. The van der Waals surface area contributed by atoms with E-state index in [2.05, 4.69) is 10.7 Å². The highest BCUT2D eigenvalue weighted by Crippen LogP contribution is 2.33. The third-order valence-electron chi connectivity index (χ3n) is 4.63. The van der Waals surface area contributed by atoms with E-state index in [1.165, 1.54) is 5.01 Å². The molecule has 2 N–H and O–H groups in total. The first-order valence-electron chi connectivity index (χ1n) is 8.85. The SMILES string of the molecule is Cc1ccc(C(=O)NN2C(=O)c3cc(Cl)ccc3NC2c2ccccc2)cc1. The second-order valence-corrected chi connectivity index (χ2v) is 7.07. The van der Waals surface area contributed by atoms with Gasteiger partial charge in [-0.2, -0.15) is 0 Å². The van der Waals surface area contributed by atoms with Gasteiger partial charge in [0.2, 0.25) is 0 Å². The van der Waals surface area contributed by atoms with Gasteiger partial charge in [0.1, 0.15) is 6.17 Å². The topological polar surface area (TPSA) is 61.4 Å². The molecule has 6 heteroatoms. The lowest BCUT2D eigenvalue weighted by Crippen LogP contribution is -2.52. The third kappa shape index (κ3) is 3.44. The molecule has 2 amide bonds. The molecule has 3 aromatic carbocycles. The molecule has 1 atom stereocenters. The average molecular weight is 392 g/mol. The van der Waals surface area contributed by atoms with Crippen LogP contribution in [-0.2, 0) is 0 Å². The quantitative estimate of drug-likeness (QED) is 0.688. The van der Waals surface area contributed by atoms with Crippen molar-refractivity contribution in [1.82, 2.24) is 10.4 Å². The fourth-order valence-corrected chi connectivity index (χ4v) is 3.31. The molecule has 0 radical (unpaired) electrons. The third-order valence-corrected chi connectivity index (χ3v) is 4.87. The molecule has 3 aromatic rings. The van der Waals surface area contributed by atoms with Crippen molar-refractivity contribution >= 4 is 29.1 Å². The summed E-state index contributed by atoms with van der Waals surface area (Å²) in [6.45, 7) is 1.95. The number of amides is 2. The van der Waals surface area contributed by atoms with E-state index in [1.807, 2.05) is 49.4 Å². The van der Waals surface area contributed by atoms with E-state index in [1.54, 1.807) is 30.3 Å². The van der Waals surface area contributed by atoms with Crippen molar-refractivity contribution in [2.24, 2.45) is 0 Å². The van der Waals surface area contributed by atoms with Gasteiger partial charge in [-0.05, 0) is 42.8 Å². The number of halogens is 1. The van der Waals surface area contributed by atoms with Crippen LogP contribution in [0.3, 0.4) is 0 Å². The molecule has 0 saturated heterocycles. The second-order valence-electron chi connectivity index (χ2n) is 6.63. The Morgan fingerprint density at radius 1 is 1.04 bits per heavy atom. The summed E-state index contributed by atoms with van der Waals surface area (Å²) in [6, 6.07) is 21.7. The Kier molecular flexibility index (Phi) is 4.75. The standard InChI is InChI=1S/C22H18ClN3O2/c1-14-7-9-16(10-8-14)21(27)25-26-20(15-5-3-2-4-6-15)24-19-12-11-17(23)13-18(19)22(26)28/h2-13,20,24H,1H3,(H,25,27). The van der Waals surface area contributed by atoms with Crippen molar-refractivity contribution in [3.63, 3.8) is 0 Å². The molecule has 140 valence electrons. The van der Waals surface area contributed by atoms with Gasteiger partial charge in [0.05, 0.1) is 5.56 Å². The lowest BCUT2D eigenvalue weighted by molar-refractivity contribution is 0.0491. The summed E-state index contributed by atoms with van der Waals surface area (Å²) in [5.74, 6) is -0.688. The van der Waals surface area contributed by atoms with Gasteiger partial charge in [0, 0.05) is 16.3 Å². The molecule has 0 saturated carbocycles. The Morgan fingerprint density at radius 2 is 1.75 bits per heavy atom. The molecular weight excluding hydrogens is 374 g/mol. The molecule has 1 heterocycles. The first kappa shape index (κ1) is 18.1. The zero-order chi connectivity index (χ0) is 19.7. The Hall–Kier alpha value is -3.31. The normalized spacial score (nSPS) is 15.6. The van der Waals surface area contributed by atoms with Crippen molar-refractivity contribution in [1.29, 1.82) is 0 Å².